The minimum absolute atomic E-state index is 0.0583. The number of rotatable bonds is 8. The third kappa shape index (κ3) is 6.32. The lowest BCUT2D eigenvalue weighted by Crippen LogP contribution is -2.55. The van der Waals surface area contributed by atoms with Crippen LogP contribution in [0, 0.1) is 6.42 Å². The van der Waals surface area contributed by atoms with Crippen LogP contribution in [0.3, 0.4) is 0 Å². The molecule has 2 fully saturated rings. The van der Waals surface area contributed by atoms with E-state index in [4.69, 9.17) is 10.5 Å². The van der Waals surface area contributed by atoms with Crippen molar-refractivity contribution in [2.24, 2.45) is 5.73 Å². The Hall–Kier alpha value is -2.93. The number of amides is 2. The first-order chi connectivity index (χ1) is 16.1. The molecule has 0 spiro atoms. The second-order valence-electron chi connectivity index (χ2n) is 8.90. The molecule has 2 saturated heterocycles. The maximum Gasteiger partial charge on any atom is 0.234 e. The summed E-state index contributed by atoms with van der Waals surface area (Å²) in [6, 6.07) is 13.9. The number of hydrogen-bond donors (Lipinski definition) is 1. The second-order valence-corrected chi connectivity index (χ2v) is 8.90. The minimum Gasteiger partial charge on any atom is -0.473 e. The monoisotopic (exact) mass is 449 g/mol. The standard InChI is InChI=1S/C26H33N4O3/c27-26(32)23-8-4-5-15-30(23)22-13-16-29(17-14-22)25(31)12-10-20-9-11-24(28-18-20)33-19-21-6-2-1-3-7-21/h1-3,6-7,9,11-12,18,22-23H,4-5,8,10,13-17,19H2,(H2,27,32). The maximum atomic E-state index is 12.7. The van der Waals surface area contributed by atoms with Crippen LogP contribution in [-0.4, -0.2) is 58.3 Å². The summed E-state index contributed by atoms with van der Waals surface area (Å²) in [6.45, 7) is 2.83. The van der Waals surface area contributed by atoms with Crippen molar-refractivity contribution in [2.75, 3.05) is 19.6 Å². The van der Waals surface area contributed by atoms with E-state index in [1.807, 2.05) is 47.4 Å². The number of likely N-dealkylation sites (tertiary alicyclic amines) is 2. The van der Waals surface area contributed by atoms with Crippen LogP contribution in [-0.2, 0) is 22.6 Å². The zero-order valence-corrected chi connectivity index (χ0v) is 19.1. The topological polar surface area (TPSA) is 88.8 Å². The first kappa shape index (κ1) is 23.2. The lowest BCUT2D eigenvalue weighted by molar-refractivity contribution is -0.131. The summed E-state index contributed by atoms with van der Waals surface area (Å²) in [5, 5.41) is 0. The molecule has 2 N–H and O–H groups in total. The van der Waals surface area contributed by atoms with E-state index in [9.17, 15) is 9.59 Å². The van der Waals surface area contributed by atoms with Crippen molar-refractivity contribution in [1.29, 1.82) is 0 Å². The highest BCUT2D eigenvalue weighted by Crippen LogP contribution is 2.25. The predicted molar refractivity (Wildman–Crippen MR) is 126 cm³/mol. The molecule has 2 amide bonds. The Kier molecular flexibility index (Phi) is 7.94. The summed E-state index contributed by atoms with van der Waals surface area (Å²) in [6.07, 6.45) is 8.83. The summed E-state index contributed by atoms with van der Waals surface area (Å²) >= 11 is 0. The van der Waals surface area contributed by atoms with E-state index in [0.29, 0.717) is 38.0 Å². The van der Waals surface area contributed by atoms with Gasteiger partial charge in [0.05, 0.1) is 12.5 Å². The Balaban J connectivity index is 1.20. The van der Waals surface area contributed by atoms with Gasteiger partial charge in [-0.2, -0.15) is 0 Å². The number of ether oxygens (including phenoxy) is 1. The van der Waals surface area contributed by atoms with Gasteiger partial charge in [0, 0.05) is 31.4 Å². The van der Waals surface area contributed by atoms with Crippen LogP contribution in [0.4, 0.5) is 0 Å². The first-order valence-corrected chi connectivity index (χ1v) is 11.9. The Morgan fingerprint density at radius 3 is 2.48 bits per heavy atom. The molecule has 0 saturated carbocycles. The molecule has 1 radical (unpaired) electrons. The van der Waals surface area contributed by atoms with Gasteiger partial charge in [0.15, 0.2) is 0 Å². The van der Waals surface area contributed by atoms with Crippen molar-refractivity contribution in [3.8, 4) is 5.88 Å². The van der Waals surface area contributed by atoms with Crippen LogP contribution < -0.4 is 10.5 Å². The summed E-state index contributed by atoms with van der Waals surface area (Å²) in [7, 11) is 0. The van der Waals surface area contributed by atoms with E-state index in [1.54, 1.807) is 12.6 Å². The number of aromatic nitrogens is 1. The van der Waals surface area contributed by atoms with Gasteiger partial charge >= 0.3 is 0 Å². The van der Waals surface area contributed by atoms with Gasteiger partial charge < -0.3 is 15.4 Å². The fourth-order valence-corrected chi connectivity index (χ4v) is 4.80. The quantitative estimate of drug-likeness (QED) is 0.669. The number of hydrogen-bond acceptors (Lipinski definition) is 5. The van der Waals surface area contributed by atoms with Gasteiger partial charge in [0.1, 0.15) is 6.61 Å². The molecule has 33 heavy (non-hydrogen) atoms. The Morgan fingerprint density at radius 2 is 1.79 bits per heavy atom. The highest BCUT2D eigenvalue weighted by atomic mass is 16.5. The molecular weight excluding hydrogens is 416 g/mol. The number of nitrogens with zero attached hydrogens (tertiary/aromatic N) is 3. The normalized spacial score (nSPS) is 19.9. The van der Waals surface area contributed by atoms with Crippen LogP contribution in [0.1, 0.15) is 43.2 Å². The van der Waals surface area contributed by atoms with Crippen molar-refractivity contribution in [3.05, 3.63) is 66.2 Å². The molecule has 0 aliphatic carbocycles. The van der Waals surface area contributed by atoms with E-state index in [1.165, 1.54) is 0 Å². The van der Waals surface area contributed by atoms with Crippen LogP contribution in [0.5, 0.6) is 5.88 Å². The van der Waals surface area contributed by atoms with Gasteiger partial charge in [-0.25, -0.2) is 4.98 Å². The molecule has 2 aromatic rings. The molecular formula is C26H33N4O3. The molecule has 1 unspecified atom stereocenters. The second kappa shape index (κ2) is 11.3. The van der Waals surface area contributed by atoms with Gasteiger partial charge in [0.2, 0.25) is 17.7 Å². The molecule has 2 aliphatic rings. The fraction of sp³-hybridized carbons (Fsp3) is 0.462. The number of nitrogens with two attached hydrogens (primary N) is 1. The van der Waals surface area contributed by atoms with Gasteiger partial charge in [0.25, 0.3) is 0 Å². The van der Waals surface area contributed by atoms with E-state index < -0.39 is 0 Å². The average molecular weight is 450 g/mol. The number of primary amides is 1. The number of carbonyl (C=O) groups excluding carboxylic acids is 2. The molecule has 7 nitrogen and oxygen atoms in total. The fourth-order valence-electron chi connectivity index (χ4n) is 4.80. The van der Waals surface area contributed by atoms with Crippen LogP contribution in [0.15, 0.2) is 48.7 Å². The minimum atomic E-state index is -0.216. The van der Waals surface area contributed by atoms with Crippen molar-refractivity contribution >= 4 is 11.8 Å². The average Bonchev–Trinajstić information content (AvgIpc) is 2.87. The van der Waals surface area contributed by atoms with Crippen LogP contribution in [0.25, 0.3) is 0 Å². The van der Waals surface area contributed by atoms with Crippen molar-refractivity contribution in [1.82, 2.24) is 14.8 Å². The Bertz CT molecular complexity index is 911. The van der Waals surface area contributed by atoms with Gasteiger partial charge in [-0.3, -0.25) is 14.5 Å². The third-order valence-electron chi connectivity index (χ3n) is 6.66. The Morgan fingerprint density at radius 1 is 1.00 bits per heavy atom. The zero-order chi connectivity index (χ0) is 23.0. The molecule has 4 rings (SSSR count). The molecule has 1 aromatic heterocycles. The van der Waals surface area contributed by atoms with Crippen LogP contribution in [0.2, 0.25) is 0 Å². The van der Waals surface area contributed by atoms with Crippen molar-refractivity contribution < 1.29 is 14.3 Å². The molecule has 2 aliphatic heterocycles. The molecule has 0 bridgehead atoms. The SMILES string of the molecule is NC(=O)C1CCCCN1C1CCN(C(=O)[CH]Cc2ccc(OCc3ccccc3)nc2)CC1. The number of carbonyl (C=O) groups is 2. The van der Waals surface area contributed by atoms with E-state index in [2.05, 4.69) is 9.88 Å². The molecule has 175 valence electrons. The predicted octanol–water partition coefficient (Wildman–Crippen LogP) is 2.74. The van der Waals surface area contributed by atoms with Crippen molar-refractivity contribution in [2.45, 2.75) is 57.2 Å². The molecule has 1 aromatic carbocycles. The maximum absolute atomic E-state index is 12.7. The van der Waals surface area contributed by atoms with E-state index >= 15 is 0 Å². The highest BCUT2D eigenvalue weighted by molar-refractivity contribution is 5.85. The molecule has 3 heterocycles. The van der Waals surface area contributed by atoms with Gasteiger partial charge in [-0.05, 0) is 49.8 Å². The summed E-state index contributed by atoms with van der Waals surface area (Å²) in [5.74, 6) is 0.414. The number of benzene rings is 1. The highest BCUT2D eigenvalue weighted by Gasteiger charge is 2.34. The molecule has 1 atom stereocenters. The van der Waals surface area contributed by atoms with Crippen molar-refractivity contribution in [3.63, 3.8) is 0 Å². The van der Waals surface area contributed by atoms with Crippen LogP contribution >= 0.6 is 0 Å². The summed E-state index contributed by atoms with van der Waals surface area (Å²) in [5.41, 5.74) is 7.69. The lowest BCUT2D eigenvalue weighted by atomic mass is 9.94. The lowest BCUT2D eigenvalue weighted by Gasteiger charge is -2.43. The third-order valence-corrected chi connectivity index (χ3v) is 6.66. The smallest absolute Gasteiger partial charge is 0.234 e. The van der Waals surface area contributed by atoms with Gasteiger partial charge in [-0.15, -0.1) is 0 Å². The number of pyridine rings is 1. The summed E-state index contributed by atoms with van der Waals surface area (Å²) < 4.78 is 5.72. The van der Waals surface area contributed by atoms with E-state index in [0.717, 1.165) is 49.8 Å². The van der Waals surface area contributed by atoms with E-state index in [-0.39, 0.29) is 17.9 Å². The van der Waals surface area contributed by atoms with Gasteiger partial charge in [-0.1, -0.05) is 42.8 Å². The zero-order valence-electron chi connectivity index (χ0n) is 19.1. The number of piperidine rings is 2. The first-order valence-electron chi connectivity index (χ1n) is 11.9. The Labute approximate surface area is 195 Å². The largest absolute Gasteiger partial charge is 0.473 e. The molecule has 7 heteroatoms. The summed E-state index contributed by atoms with van der Waals surface area (Å²) in [4.78, 5) is 33.1.